The molecule has 1 aliphatic carbocycles. The lowest BCUT2D eigenvalue weighted by Gasteiger charge is -2.22. The van der Waals surface area contributed by atoms with Gasteiger partial charge in [0.1, 0.15) is 5.78 Å². The molecule has 0 saturated heterocycles. The highest BCUT2D eigenvalue weighted by Crippen LogP contribution is 2.25. The van der Waals surface area contributed by atoms with Crippen molar-refractivity contribution < 1.29 is 9.90 Å². The third-order valence-corrected chi connectivity index (χ3v) is 1.57. The van der Waals surface area contributed by atoms with Crippen LogP contribution in [0.5, 0.6) is 0 Å². The number of hydrogen-bond donors (Lipinski definition) is 1. The number of ketones is 1. The fourth-order valence-electron chi connectivity index (χ4n) is 0.971. The largest absolute Gasteiger partial charge is 0.396 e. The third kappa shape index (κ3) is 1.07. The number of rotatable bonds is 2. The normalized spacial score (nSPS) is 20.9. The fourth-order valence-corrected chi connectivity index (χ4v) is 0.971. The molecule has 0 aromatic rings. The van der Waals surface area contributed by atoms with E-state index in [1.807, 2.05) is 0 Å². The van der Waals surface area contributed by atoms with E-state index in [-0.39, 0.29) is 6.61 Å². The van der Waals surface area contributed by atoms with Crippen LogP contribution in [0.25, 0.3) is 0 Å². The zero-order valence-electron chi connectivity index (χ0n) is 4.76. The van der Waals surface area contributed by atoms with Gasteiger partial charge in [0.15, 0.2) is 0 Å². The quantitative estimate of drug-likeness (QED) is 0.562. The molecule has 8 heavy (non-hydrogen) atoms. The van der Waals surface area contributed by atoms with Crippen molar-refractivity contribution in [2.24, 2.45) is 5.92 Å². The summed E-state index contributed by atoms with van der Waals surface area (Å²) >= 11 is 0. The Labute approximate surface area is 48.5 Å². The summed E-state index contributed by atoms with van der Waals surface area (Å²) in [5.74, 6) is 0.857. The van der Waals surface area contributed by atoms with Gasteiger partial charge in [0.05, 0.1) is 0 Å². The van der Waals surface area contributed by atoms with Crippen molar-refractivity contribution in [3.05, 3.63) is 0 Å². The van der Waals surface area contributed by atoms with Crippen LogP contribution >= 0.6 is 0 Å². The van der Waals surface area contributed by atoms with Crippen molar-refractivity contribution in [2.75, 3.05) is 6.61 Å². The molecule has 1 N–H and O–H groups in total. The maximum absolute atomic E-state index is 10.3. The molecular formula is C6H10O2. The van der Waals surface area contributed by atoms with E-state index in [1.54, 1.807) is 0 Å². The number of aliphatic hydroxyl groups excluding tert-OH is 1. The van der Waals surface area contributed by atoms with E-state index in [0.29, 0.717) is 24.5 Å². The first-order chi connectivity index (χ1) is 3.83. The SMILES string of the molecule is O=C1CC(CCO)C1. The zero-order chi connectivity index (χ0) is 5.98. The molecule has 46 valence electrons. The number of carbonyl (C=O) groups excluding carboxylic acids is 1. The average Bonchev–Trinajstić information content (AvgIpc) is 1.64. The first-order valence-electron chi connectivity index (χ1n) is 2.95. The van der Waals surface area contributed by atoms with Crippen LogP contribution in [-0.4, -0.2) is 17.5 Å². The van der Waals surface area contributed by atoms with Gasteiger partial charge >= 0.3 is 0 Å². The molecule has 1 fully saturated rings. The van der Waals surface area contributed by atoms with E-state index in [1.165, 1.54) is 0 Å². The molecule has 2 nitrogen and oxygen atoms in total. The van der Waals surface area contributed by atoms with E-state index in [0.717, 1.165) is 6.42 Å². The summed E-state index contributed by atoms with van der Waals surface area (Å²) in [4.78, 5) is 10.3. The molecule has 1 aliphatic rings. The van der Waals surface area contributed by atoms with Crippen LogP contribution in [0, 0.1) is 5.92 Å². The molecule has 1 rings (SSSR count). The Balaban J connectivity index is 2.06. The Hall–Kier alpha value is -0.370. The number of carbonyl (C=O) groups is 1. The minimum Gasteiger partial charge on any atom is -0.396 e. The number of aliphatic hydroxyl groups is 1. The first-order valence-corrected chi connectivity index (χ1v) is 2.95. The summed E-state index contributed by atoms with van der Waals surface area (Å²) < 4.78 is 0. The molecule has 0 aromatic carbocycles. The number of hydrogen-bond acceptors (Lipinski definition) is 2. The number of Topliss-reactive ketones (excluding diaryl/α,β-unsaturated/α-hetero) is 1. The van der Waals surface area contributed by atoms with Crippen LogP contribution in [-0.2, 0) is 4.79 Å². The highest BCUT2D eigenvalue weighted by molar-refractivity contribution is 5.84. The summed E-state index contributed by atoms with van der Waals surface area (Å²) in [6.07, 6.45) is 2.23. The van der Waals surface area contributed by atoms with Crippen molar-refractivity contribution in [3.8, 4) is 0 Å². The van der Waals surface area contributed by atoms with Crippen molar-refractivity contribution in [1.82, 2.24) is 0 Å². The molecule has 0 unspecified atom stereocenters. The molecule has 0 atom stereocenters. The zero-order valence-corrected chi connectivity index (χ0v) is 4.76. The van der Waals surface area contributed by atoms with Gasteiger partial charge in [-0.25, -0.2) is 0 Å². The van der Waals surface area contributed by atoms with Crippen LogP contribution in [0.4, 0.5) is 0 Å². The lowest BCUT2D eigenvalue weighted by Crippen LogP contribution is -2.23. The van der Waals surface area contributed by atoms with Gasteiger partial charge in [0, 0.05) is 19.4 Å². The molecule has 0 aliphatic heterocycles. The monoisotopic (exact) mass is 114 g/mol. The van der Waals surface area contributed by atoms with Gasteiger partial charge in [-0.05, 0) is 12.3 Å². The molecule has 0 bridgehead atoms. The fraction of sp³-hybridized carbons (Fsp3) is 0.833. The predicted molar refractivity (Wildman–Crippen MR) is 29.4 cm³/mol. The molecule has 0 aromatic heterocycles. The molecular weight excluding hydrogens is 104 g/mol. The highest BCUT2D eigenvalue weighted by atomic mass is 16.3. The van der Waals surface area contributed by atoms with Crippen LogP contribution < -0.4 is 0 Å². The Bertz CT molecular complexity index is 90.7. The Morgan fingerprint density at radius 3 is 2.62 bits per heavy atom. The van der Waals surface area contributed by atoms with Crippen LogP contribution in [0.15, 0.2) is 0 Å². The smallest absolute Gasteiger partial charge is 0.133 e. The van der Waals surface area contributed by atoms with Gasteiger partial charge in [-0.1, -0.05) is 0 Å². The van der Waals surface area contributed by atoms with Crippen molar-refractivity contribution in [3.63, 3.8) is 0 Å². The van der Waals surface area contributed by atoms with E-state index in [2.05, 4.69) is 0 Å². The Morgan fingerprint density at radius 1 is 1.62 bits per heavy atom. The van der Waals surface area contributed by atoms with Crippen molar-refractivity contribution >= 4 is 5.78 Å². The second-order valence-electron chi connectivity index (χ2n) is 2.33. The van der Waals surface area contributed by atoms with Gasteiger partial charge in [-0.2, -0.15) is 0 Å². The molecule has 1 saturated carbocycles. The second-order valence-corrected chi connectivity index (χ2v) is 2.33. The van der Waals surface area contributed by atoms with E-state index >= 15 is 0 Å². The molecule has 0 radical (unpaired) electrons. The summed E-state index contributed by atoms with van der Waals surface area (Å²) in [5, 5.41) is 8.38. The maximum atomic E-state index is 10.3. The summed E-state index contributed by atoms with van der Waals surface area (Å²) in [6, 6.07) is 0. The minimum absolute atomic E-state index is 0.234. The summed E-state index contributed by atoms with van der Waals surface area (Å²) in [6.45, 7) is 0.234. The highest BCUT2D eigenvalue weighted by Gasteiger charge is 2.24. The second kappa shape index (κ2) is 2.27. The van der Waals surface area contributed by atoms with Gasteiger partial charge < -0.3 is 5.11 Å². The third-order valence-electron chi connectivity index (χ3n) is 1.57. The van der Waals surface area contributed by atoms with Crippen molar-refractivity contribution in [2.45, 2.75) is 19.3 Å². The Kier molecular flexibility index (Phi) is 1.63. The average molecular weight is 114 g/mol. The summed E-state index contributed by atoms with van der Waals surface area (Å²) in [5.41, 5.74) is 0. The lowest BCUT2D eigenvalue weighted by atomic mass is 9.82. The minimum atomic E-state index is 0.234. The molecule has 0 amide bonds. The standard InChI is InChI=1S/C6H10O2/c7-2-1-5-3-6(8)4-5/h5,7H,1-4H2. The van der Waals surface area contributed by atoms with E-state index in [9.17, 15) is 4.79 Å². The van der Waals surface area contributed by atoms with Gasteiger partial charge in [-0.3, -0.25) is 4.79 Å². The Morgan fingerprint density at radius 2 is 2.25 bits per heavy atom. The van der Waals surface area contributed by atoms with E-state index < -0.39 is 0 Å². The lowest BCUT2D eigenvalue weighted by molar-refractivity contribution is -0.127. The molecule has 2 heteroatoms. The predicted octanol–water partition coefficient (Wildman–Crippen LogP) is 0.348. The topological polar surface area (TPSA) is 37.3 Å². The van der Waals surface area contributed by atoms with E-state index in [4.69, 9.17) is 5.11 Å². The molecule has 0 heterocycles. The van der Waals surface area contributed by atoms with Crippen LogP contribution in [0.2, 0.25) is 0 Å². The van der Waals surface area contributed by atoms with Crippen LogP contribution in [0.3, 0.4) is 0 Å². The van der Waals surface area contributed by atoms with Crippen molar-refractivity contribution in [1.29, 1.82) is 0 Å². The first kappa shape index (κ1) is 5.76. The molecule has 0 spiro atoms. The van der Waals surface area contributed by atoms with Crippen LogP contribution in [0.1, 0.15) is 19.3 Å². The summed E-state index contributed by atoms with van der Waals surface area (Å²) in [7, 11) is 0. The van der Waals surface area contributed by atoms with Gasteiger partial charge in [0.25, 0.3) is 0 Å². The maximum Gasteiger partial charge on any atom is 0.133 e. The van der Waals surface area contributed by atoms with Gasteiger partial charge in [-0.15, -0.1) is 0 Å². The van der Waals surface area contributed by atoms with Gasteiger partial charge in [0.2, 0.25) is 0 Å².